The lowest BCUT2D eigenvalue weighted by Gasteiger charge is -2.45. The molecule has 0 aromatic rings. The fourth-order valence-corrected chi connectivity index (χ4v) is 3.36. The normalized spacial score (nSPS) is 27.1. The Bertz CT molecular complexity index is 247. The van der Waals surface area contributed by atoms with Crippen molar-refractivity contribution in [2.75, 3.05) is 19.6 Å². The van der Waals surface area contributed by atoms with E-state index in [1.54, 1.807) is 0 Å². The van der Waals surface area contributed by atoms with Crippen LogP contribution in [0, 0.1) is 11.3 Å². The van der Waals surface area contributed by atoms with E-state index in [1.165, 1.54) is 45.3 Å². The zero-order chi connectivity index (χ0) is 11.6. The summed E-state index contributed by atoms with van der Waals surface area (Å²) in [5.74, 6) is 0.0793. The Hall–Kier alpha value is -0.570. The van der Waals surface area contributed by atoms with Gasteiger partial charge < -0.3 is 10.6 Å². The molecule has 2 rings (SSSR count). The molecule has 2 N–H and O–H groups in total. The van der Waals surface area contributed by atoms with Crippen molar-refractivity contribution in [1.29, 1.82) is 0 Å². The number of nitrogens with zero attached hydrogens (tertiary/aromatic N) is 1. The summed E-state index contributed by atoms with van der Waals surface area (Å²) >= 11 is 0. The van der Waals surface area contributed by atoms with E-state index in [0.717, 1.165) is 12.8 Å². The Morgan fingerprint density at radius 3 is 2.25 bits per heavy atom. The molecule has 0 aromatic heterocycles. The molecule has 1 aliphatic heterocycles. The van der Waals surface area contributed by atoms with Crippen molar-refractivity contribution in [2.24, 2.45) is 17.1 Å². The number of primary amides is 1. The average molecular weight is 224 g/mol. The van der Waals surface area contributed by atoms with E-state index in [0.29, 0.717) is 5.41 Å². The summed E-state index contributed by atoms with van der Waals surface area (Å²) in [6, 6.07) is 0. The molecule has 1 heterocycles. The van der Waals surface area contributed by atoms with Crippen LogP contribution in [-0.4, -0.2) is 30.4 Å². The molecule has 1 saturated carbocycles. The largest absolute Gasteiger partial charge is 0.369 e. The van der Waals surface area contributed by atoms with Crippen LogP contribution in [0.3, 0.4) is 0 Å². The molecule has 1 aliphatic carbocycles. The van der Waals surface area contributed by atoms with Gasteiger partial charge in [-0.25, -0.2) is 0 Å². The van der Waals surface area contributed by atoms with Gasteiger partial charge >= 0.3 is 0 Å². The maximum atomic E-state index is 11.1. The zero-order valence-electron chi connectivity index (χ0n) is 10.4. The highest BCUT2D eigenvalue weighted by Crippen LogP contribution is 2.46. The van der Waals surface area contributed by atoms with Gasteiger partial charge in [0.05, 0.1) is 0 Å². The first-order valence-electron chi connectivity index (χ1n) is 6.67. The molecule has 2 aliphatic rings. The number of rotatable bonds is 2. The first-order valence-corrected chi connectivity index (χ1v) is 6.67. The minimum atomic E-state index is -0.0826. The zero-order valence-corrected chi connectivity index (χ0v) is 10.4. The molecule has 1 saturated heterocycles. The molecule has 3 nitrogen and oxygen atoms in total. The lowest BCUT2D eigenvalue weighted by Crippen LogP contribution is -2.42. The summed E-state index contributed by atoms with van der Waals surface area (Å²) < 4.78 is 0. The van der Waals surface area contributed by atoms with Gasteiger partial charge in [0.1, 0.15) is 0 Å². The number of likely N-dealkylation sites (tertiary alicyclic amines) is 1. The van der Waals surface area contributed by atoms with Gasteiger partial charge in [0, 0.05) is 5.92 Å². The summed E-state index contributed by atoms with van der Waals surface area (Å²) in [5, 5.41) is 0. The minimum absolute atomic E-state index is 0.0826. The van der Waals surface area contributed by atoms with Crippen molar-refractivity contribution in [2.45, 2.75) is 45.4 Å². The molecular weight excluding hydrogens is 200 g/mol. The average Bonchev–Trinajstić information content (AvgIpc) is 2.31. The molecule has 3 heteroatoms. The van der Waals surface area contributed by atoms with E-state index in [-0.39, 0.29) is 11.8 Å². The number of hydrogen-bond acceptors (Lipinski definition) is 2. The number of hydrogen-bond donors (Lipinski definition) is 1. The standard InChI is InChI=1S/C13H24N2O/c1-2-15-9-7-13(8-10-15)5-3-11(4-6-13)12(14)16/h11H,2-10H2,1H3,(H2,14,16). The quantitative estimate of drug-likeness (QED) is 0.777. The van der Waals surface area contributed by atoms with Crippen LogP contribution in [0.1, 0.15) is 45.4 Å². The van der Waals surface area contributed by atoms with Gasteiger partial charge in [0.25, 0.3) is 0 Å². The maximum Gasteiger partial charge on any atom is 0.220 e. The first-order chi connectivity index (χ1) is 7.65. The molecule has 0 radical (unpaired) electrons. The molecule has 0 bridgehead atoms. The van der Waals surface area contributed by atoms with Gasteiger partial charge in [-0.2, -0.15) is 0 Å². The Kier molecular flexibility index (Phi) is 3.53. The van der Waals surface area contributed by atoms with E-state index in [9.17, 15) is 4.79 Å². The monoisotopic (exact) mass is 224 g/mol. The molecule has 0 unspecified atom stereocenters. The summed E-state index contributed by atoms with van der Waals surface area (Å²) in [6.45, 7) is 5.91. The summed E-state index contributed by atoms with van der Waals surface area (Å²) in [7, 11) is 0. The van der Waals surface area contributed by atoms with Crippen LogP contribution in [0.2, 0.25) is 0 Å². The fraction of sp³-hybridized carbons (Fsp3) is 0.923. The van der Waals surface area contributed by atoms with Crippen LogP contribution in [-0.2, 0) is 4.79 Å². The van der Waals surface area contributed by atoms with Crippen LogP contribution in [0.15, 0.2) is 0 Å². The molecular formula is C13H24N2O. The van der Waals surface area contributed by atoms with Gasteiger partial charge in [0.2, 0.25) is 5.91 Å². The van der Waals surface area contributed by atoms with Gasteiger partial charge in [-0.05, 0) is 63.6 Å². The molecule has 1 amide bonds. The fourth-order valence-electron chi connectivity index (χ4n) is 3.36. The second-order valence-corrected chi connectivity index (χ2v) is 5.61. The smallest absolute Gasteiger partial charge is 0.220 e. The number of nitrogens with two attached hydrogens (primary N) is 1. The first kappa shape index (κ1) is 11.9. The van der Waals surface area contributed by atoms with Crippen molar-refractivity contribution < 1.29 is 4.79 Å². The lowest BCUT2D eigenvalue weighted by atomic mass is 9.65. The Morgan fingerprint density at radius 2 is 1.81 bits per heavy atom. The molecule has 16 heavy (non-hydrogen) atoms. The summed E-state index contributed by atoms with van der Waals surface area (Å²) in [4.78, 5) is 13.7. The highest BCUT2D eigenvalue weighted by molar-refractivity contribution is 5.76. The molecule has 92 valence electrons. The van der Waals surface area contributed by atoms with Gasteiger partial charge in [-0.1, -0.05) is 6.92 Å². The predicted molar refractivity (Wildman–Crippen MR) is 64.9 cm³/mol. The maximum absolute atomic E-state index is 11.1. The number of amides is 1. The van der Waals surface area contributed by atoms with Crippen molar-refractivity contribution >= 4 is 5.91 Å². The van der Waals surface area contributed by atoms with Crippen molar-refractivity contribution in [3.05, 3.63) is 0 Å². The van der Waals surface area contributed by atoms with Gasteiger partial charge in [-0.15, -0.1) is 0 Å². The van der Waals surface area contributed by atoms with E-state index in [4.69, 9.17) is 5.73 Å². The second kappa shape index (κ2) is 4.74. The lowest BCUT2D eigenvalue weighted by molar-refractivity contribution is -0.123. The van der Waals surface area contributed by atoms with E-state index >= 15 is 0 Å². The number of carbonyl (C=O) groups is 1. The van der Waals surface area contributed by atoms with Gasteiger partial charge in [0.15, 0.2) is 0 Å². The van der Waals surface area contributed by atoms with Crippen molar-refractivity contribution in [3.8, 4) is 0 Å². The third-order valence-corrected chi connectivity index (χ3v) is 4.81. The Balaban J connectivity index is 1.86. The highest BCUT2D eigenvalue weighted by atomic mass is 16.1. The predicted octanol–water partition coefficient (Wildman–Crippen LogP) is 1.76. The molecule has 0 atom stereocenters. The number of piperidine rings is 1. The summed E-state index contributed by atoms with van der Waals surface area (Å²) in [6.07, 6.45) is 7.15. The van der Waals surface area contributed by atoms with Crippen LogP contribution in [0.4, 0.5) is 0 Å². The number of carbonyl (C=O) groups excluding carboxylic acids is 1. The highest BCUT2D eigenvalue weighted by Gasteiger charge is 2.38. The molecule has 0 aromatic carbocycles. The third-order valence-electron chi connectivity index (χ3n) is 4.81. The van der Waals surface area contributed by atoms with Crippen LogP contribution >= 0.6 is 0 Å². The van der Waals surface area contributed by atoms with Crippen LogP contribution < -0.4 is 5.73 Å². The summed E-state index contributed by atoms with van der Waals surface area (Å²) in [5.41, 5.74) is 5.93. The molecule has 1 spiro atoms. The second-order valence-electron chi connectivity index (χ2n) is 5.61. The van der Waals surface area contributed by atoms with E-state index < -0.39 is 0 Å². The van der Waals surface area contributed by atoms with Crippen molar-refractivity contribution in [3.63, 3.8) is 0 Å². The van der Waals surface area contributed by atoms with E-state index in [2.05, 4.69) is 11.8 Å². The van der Waals surface area contributed by atoms with E-state index in [1.807, 2.05) is 0 Å². The van der Waals surface area contributed by atoms with Gasteiger partial charge in [-0.3, -0.25) is 4.79 Å². The third kappa shape index (κ3) is 2.40. The van der Waals surface area contributed by atoms with Crippen LogP contribution in [0.25, 0.3) is 0 Å². The topological polar surface area (TPSA) is 46.3 Å². The molecule has 2 fully saturated rings. The Labute approximate surface area is 98.4 Å². The van der Waals surface area contributed by atoms with Crippen LogP contribution in [0.5, 0.6) is 0 Å². The minimum Gasteiger partial charge on any atom is -0.369 e. The Morgan fingerprint density at radius 1 is 1.25 bits per heavy atom. The van der Waals surface area contributed by atoms with Crippen molar-refractivity contribution in [1.82, 2.24) is 4.90 Å². The SMILES string of the molecule is CCN1CCC2(CCC(C(N)=O)CC2)CC1.